The Hall–Kier alpha value is -0.720. The fourth-order valence-electron chi connectivity index (χ4n) is 1.15. The zero-order chi connectivity index (χ0) is 8.55. The molecule has 0 atom stereocenters. The molecule has 2 aromatic carbocycles. The first-order chi connectivity index (χ1) is 5.79. The van der Waals surface area contributed by atoms with Gasteiger partial charge in [-0.25, -0.2) is 0 Å². The third-order valence-corrected chi connectivity index (χ3v) is 2.57. The lowest BCUT2D eigenvalue weighted by atomic mass is 10.1. The summed E-state index contributed by atoms with van der Waals surface area (Å²) in [6.07, 6.45) is 0. The number of halogens is 2. The highest BCUT2D eigenvalue weighted by Gasteiger charge is 2.01. The molecule has 0 saturated carbocycles. The molecule has 0 aliphatic heterocycles. The Morgan fingerprint density at radius 2 is 1.92 bits per heavy atom. The Bertz CT molecular complexity index is 421. The van der Waals surface area contributed by atoms with Crippen molar-refractivity contribution >= 4 is 34.0 Å². The molecule has 0 aliphatic rings. The molecule has 2 heteroatoms. The van der Waals surface area contributed by atoms with E-state index in [2.05, 4.69) is 6.07 Å². The summed E-state index contributed by atoms with van der Waals surface area (Å²) < 4.78 is 0. The average Bonchev–Trinajstić information content (AvgIpc) is 2.12. The fraction of sp³-hybridized carbons (Fsp3) is 0. The molecule has 2 rings (SSSR count). The first-order valence-electron chi connectivity index (χ1n) is 3.53. The van der Waals surface area contributed by atoms with Gasteiger partial charge in [0.2, 0.25) is 0 Å². The van der Waals surface area contributed by atoms with Crippen LogP contribution >= 0.6 is 23.2 Å². The van der Waals surface area contributed by atoms with Crippen LogP contribution in [0.1, 0.15) is 0 Å². The minimum atomic E-state index is 0.593. The molecule has 0 amide bonds. The van der Waals surface area contributed by atoms with Crippen molar-refractivity contribution in [1.82, 2.24) is 0 Å². The van der Waals surface area contributed by atoms with Crippen LogP contribution < -0.4 is 0 Å². The Balaban J connectivity index is 2.91. The zero-order valence-corrected chi connectivity index (χ0v) is 7.65. The second-order valence-corrected chi connectivity index (χ2v) is 3.29. The molecule has 2 aromatic rings. The van der Waals surface area contributed by atoms with E-state index in [1.807, 2.05) is 24.3 Å². The Kier molecular flexibility index (Phi) is 1.95. The second kappa shape index (κ2) is 2.96. The maximum Gasteiger partial charge on any atom is 0.0670 e. The summed E-state index contributed by atoms with van der Waals surface area (Å²) in [5.74, 6) is 0. The first-order valence-corrected chi connectivity index (χ1v) is 4.28. The minimum absolute atomic E-state index is 0.593. The monoisotopic (exact) mass is 195 g/mol. The van der Waals surface area contributed by atoms with E-state index in [0.717, 1.165) is 10.8 Å². The van der Waals surface area contributed by atoms with Gasteiger partial charge in [-0.2, -0.15) is 0 Å². The van der Waals surface area contributed by atoms with Gasteiger partial charge in [0.05, 0.1) is 10.0 Å². The van der Waals surface area contributed by atoms with Crippen LogP contribution in [0.25, 0.3) is 10.8 Å². The molecule has 1 radical (unpaired) electrons. The van der Waals surface area contributed by atoms with Gasteiger partial charge < -0.3 is 0 Å². The van der Waals surface area contributed by atoms with E-state index in [1.54, 1.807) is 6.07 Å². The SMILES string of the molecule is Clc1ccc2c[c]ccc2c1Cl. The van der Waals surface area contributed by atoms with Gasteiger partial charge in [-0.05, 0) is 23.6 Å². The highest BCUT2D eigenvalue weighted by atomic mass is 35.5. The summed E-state index contributed by atoms with van der Waals surface area (Å²) in [6.45, 7) is 0. The first kappa shape index (κ1) is 7.90. The van der Waals surface area contributed by atoms with Crippen molar-refractivity contribution < 1.29 is 0 Å². The minimum Gasteiger partial charge on any atom is -0.0827 e. The number of hydrogen-bond donors (Lipinski definition) is 0. The maximum absolute atomic E-state index is 5.98. The Labute approximate surface area is 80.7 Å². The van der Waals surface area contributed by atoms with E-state index in [1.165, 1.54) is 0 Å². The fourth-order valence-corrected chi connectivity index (χ4v) is 1.55. The lowest BCUT2D eigenvalue weighted by Gasteiger charge is -2.00. The summed E-state index contributed by atoms with van der Waals surface area (Å²) in [5, 5.41) is 3.24. The number of hydrogen-bond acceptors (Lipinski definition) is 0. The molecule has 0 N–H and O–H groups in total. The third kappa shape index (κ3) is 1.17. The van der Waals surface area contributed by atoms with Gasteiger partial charge in [0.1, 0.15) is 0 Å². The molecule has 12 heavy (non-hydrogen) atoms. The molecule has 0 bridgehead atoms. The Morgan fingerprint density at radius 1 is 1.08 bits per heavy atom. The van der Waals surface area contributed by atoms with Crippen LogP contribution in [0.15, 0.2) is 30.3 Å². The zero-order valence-electron chi connectivity index (χ0n) is 6.14. The van der Waals surface area contributed by atoms with Crippen molar-refractivity contribution in [3.63, 3.8) is 0 Å². The Morgan fingerprint density at radius 3 is 2.75 bits per heavy atom. The van der Waals surface area contributed by atoms with E-state index >= 15 is 0 Å². The third-order valence-electron chi connectivity index (χ3n) is 1.75. The highest BCUT2D eigenvalue weighted by molar-refractivity contribution is 6.45. The smallest absolute Gasteiger partial charge is 0.0670 e. The number of benzene rings is 2. The second-order valence-electron chi connectivity index (χ2n) is 2.51. The number of rotatable bonds is 0. The van der Waals surface area contributed by atoms with Crippen LogP contribution in [-0.4, -0.2) is 0 Å². The van der Waals surface area contributed by atoms with E-state index in [0.29, 0.717) is 10.0 Å². The van der Waals surface area contributed by atoms with Gasteiger partial charge >= 0.3 is 0 Å². The molecule has 0 aliphatic carbocycles. The summed E-state index contributed by atoms with van der Waals surface area (Å²) in [6, 6.07) is 12.3. The van der Waals surface area contributed by atoms with Gasteiger partial charge in [-0.15, -0.1) is 0 Å². The van der Waals surface area contributed by atoms with Crippen molar-refractivity contribution in [2.75, 3.05) is 0 Å². The predicted octanol–water partition coefficient (Wildman–Crippen LogP) is 3.95. The predicted molar refractivity (Wildman–Crippen MR) is 52.8 cm³/mol. The molecule has 0 nitrogen and oxygen atoms in total. The molecular formula is C10H5Cl2. The molecule has 0 spiro atoms. The van der Waals surface area contributed by atoms with Crippen molar-refractivity contribution in [3.8, 4) is 0 Å². The van der Waals surface area contributed by atoms with Crippen LogP contribution in [0.2, 0.25) is 10.0 Å². The van der Waals surface area contributed by atoms with E-state index in [-0.39, 0.29) is 0 Å². The van der Waals surface area contributed by atoms with Crippen LogP contribution in [0.4, 0.5) is 0 Å². The van der Waals surface area contributed by atoms with Gasteiger partial charge in [0.25, 0.3) is 0 Å². The van der Waals surface area contributed by atoms with E-state index in [4.69, 9.17) is 23.2 Å². The maximum atomic E-state index is 5.98. The standard InChI is InChI=1S/C10H5Cl2/c11-9-6-5-7-3-1-2-4-8(7)10(9)12/h2-6H. The molecule has 0 heterocycles. The van der Waals surface area contributed by atoms with E-state index in [9.17, 15) is 0 Å². The van der Waals surface area contributed by atoms with Gasteiger partial charge in [-0.3, -0.25) is 0 Å². The van der Waals surface area contributed by atoms with Crippen LogP contribution in [0.3, 0.4) is 0 Å². The van der Waals surface area contributed by atoms with Crippen LogP contribution in [-0.2, 0) is 0 Å². The molecular weight excluding hydrogens is 191 g/mol. The molecule has 0 fully saturated rings. The molecule has 59 valence electrons. The largest absolute Gasteiger partial charge is 0.0827 e. The summed E-state index contributed by atoms with van der Waals surface area (Å²) in [4.78, 5) is 0. The lowest BCUT2D eigenvalue weighted by Crippen LogP contribution is -1.74. The van der Waals surface area contributed by atoms with Crippen LogP contribution in [0.5, 0.6) is 0 Å². The lowest BCUT2D eigenvalue weighted by molar-refractivity contribution is 1.73. The van der Waals surface area contributed by atoms with Crippen molar-refractivity contribution in [3.05, 3.63) is 46.4 Å². The van der Waals surface area contributed by atoms with Crippen molar-refractivity contribution in [2.45, 2.75) is 0 Å². The quantitative estimate of drug-likeness (QED) is 0.598. The average molecular weight is 196 g/mol. The molecule has 0 aromatic heterocycles. The van der Waals surface area contributed by atoms with Gasteiger partial charge in [0, 0.05) is 5.39 Å². The van der Waals surface area contributed by atoms with Gasteiger partial charge in [-0.1, -0.05) is 41.4 Å². The van der Waals surface area contributed by atoms with Crippen molar-refractivity contribution in [1.29, 1.82) is 0 Å². The summed E-state index contributed by atoms with van der Waals surface area (Å²) in [7, 11) is 0. The molecule has 0 unspecified atom stereocenters. The van der Waals surface area contributed by atoms with Crippen LogP contribution in [0, 0.1) is 6.07 Å². The normalized spacial score (nSPS) is 10.5. The summed E-state index contributed by atoms with van der Waals surface area (Å²) >= 11 is 11.8. The number of fused-ring (bicyclic) bond motifs is 1. The van der Waals surface area contributed by atoms with Gasteiger partial charge in [0.15, 0.2) is 0 Å². The van der Waals surface area contributed by atoms with Crippen molar-refractivity contribution in [2.24, 2.45) is 0 Å². The van der Waals surface area contributed by atoms with E-state index < -0.39 is 0 Å². The summed E-state index contributed by atoms with van der Waals surface area (Å²) in [5.41, 5.74) is 0. The highest BCUT2D eigenvalue weighted by Crippen LogP contribution is 2.29. The topological polar surface area (TPSA) is 0 Å². The molecule has 0 saturated heterocycles.